The molecule has 3 aromatic rings. The molecule has 0 aromatic heterocycles. The second-order valence-corrected chi connectivity index (χ2v) is 10.1. The Morgan fingerprint density at radius 2 is 1.68 bits per heavy atom. The molecule has 1 unspecified atom stereocenters. The molecule has 1 saturated heterocycles. The highest BCUT2D eigenvalue weighted by Gasteiger charge is 2.48. The molecule has 210 valence electrons. The number of ether oxygens (including phenoxy) is 1. The van der Waals surface area contributed by atoms with E-state index in [9.17, 15) is 19.1 Å². The Morgan fingerprint density at radius 3 is 2.25 bits per heavy atom. The summed E-state index contributed by atoms with van der Waals surface area (Å²) in [6, 6.07) is 12.2. The Bertz CT molecular complexity index is 1480. The molecule has 0 spiro atoms. The Labute approximate surface area is 233 Å². The number of carbonyl (C=O) groups excluding carboxylic acids is 2. The topological polar surface area (TPSA) is 70.1 Å². The van der Waals surface area contributed by atoms with E-state index in [0.717, 1.165) is 47.4 Å². The number of hydrogen-bond donors (Lipinski definition) is 1. The molecular formula is C32H34F2N2O4. The lowest BCUT2D eigenvalue weighted by Crippen LogP contribution is -2.30. The van der Waals surface area contributed by atoms with Gasteiger partial charge in [0.25, 0.3) is 11.7 Å². The minimum absolute atomic E-state index is 0.0364. The van der Waals surface area contributed by atoms with Crippen molar-refractivity contribution >= 4 is 28.8 Å². The monoisotopic (exact) mass is 548 g/mol. The number of benzene rings is 3. The predicted molar refractivity (Wildman–Crippen MR) is 153 cm³/mol. The third-order valence-electron chi connectivity index (χ3n) is 7.40. The average molecular weight is 549 g/mol. The summed E-state index contributed by atoms with van der Waals surface area (Å²) in [7, 11) is 1.56. The fraction of sp³-hybridized carbons (Fsp3) is 0.312. The Hall–Kier alpha value is -4.20. The van der Waals surface area contributed by atoms with Crippen LogP contribution in [-0.4, -0.2) is 37.0 Å². The van der Waals surface area contributed by atoms with Crippen LogP contribution in [0.5, 0.6) is 5.75 Å². The van der Waals surface area contributed by atoms with Crippen molar-refractivity contribution in [3.8, 4) is 5.75 Å². The number of methoxy groups -OCH3 is 1. The number of anilines is 2. The van der Waals surface area contributed by atoms with Crippen LogP contribution in [0.15, 0.2) is 60.2 Å². The maximum atomic E-state index is 15.0. The molecule has 6 nitrogen and oxygen atoms in total. The van der Waals surface area contributed by atoms with E-state index in [-0.39, 0.29) is 17.2 Å². The summed E-state index contributed by atoms with van der Waals surface area (Å²) in [4.78, 5) is 30.0. The number of halogens is 2. The van der Waals surface area contributed by atoms with Gasteiger partial charge in [-0.2, -0.15) is 0 Å². The first-order valence-electron chi connectivity index (χ1n) is 13.3. The predicted octanol–water partition coefficient (Wildman–Crippen LogP) is 6.88. The Kier molecular flexibility index (Phi) is 8.28. The van der Waals surface area contributed by atoms with E-state index < -0.39 is 35.1 Å². The fourth-order valence-electron chi connectivity index (χ4n) is 5.25. The van der Waals surface area contributed by atoms with Gasteiger partial charge in [0.05, 0.1) is 24.4 Å². The van der Waals surface area contributed by atoms with E-state index in [4.69, 9.17) is 4.74 Å². The molecule has 0 aliphatic carbocycles. The largest absolute Gasteiger partial charge is 0.507 e. The fourth-order valence-corrected chi connectivity index (χ4v) is 5.25. The van der Waals surface area contributed by atoms with E-state index in [1.54, 1.807) is 38.3 Å². The molecule has 1 heterocycles. The molecule has 3 aromatic carbocycles. The van der Waals surface area contributed by atoms with Crippen molar-refractivity contribution < 1.29 is 28.2 Å². The van der Waals surface area contributed by atoms with Crippen molar-refractivity contribution in [3.63, 3.8) is 0 Å². The van der Waals surface area contributed by atoms with Crippen molar-refractivity contribution in [2.45, 2.75) is 46.6 Å². The Morgan fingerprint density at radius 1 is 1.02 bits per heavy atom. The zero-order valence-corrected chi connectivity index (χ0v) is 23.6. The number of Topliss-reactive ketones (excluding diaryl/α,β-unsaturated/α-hetero) is 1. The SMILES string of the molecule is CCN(CC)c1ccc(C2/C(=C(\O)c3cc(C(C)C)c(OC)cc3C)C(=O)C(=O)N2c2cc(F)ccc2F)cc1. The lowest BCUT2D eigenvalue weighted by atomic mass is 9.91. The quantitative estimate of drug-likeness (QED) is 0.189. The molecule has 0 radical (unpaired) electrons. The molecular weight excluding hydrogens is 514 g/mol. The van der Waals surface area contributed by atoms with E-state index in [1.165, 1.54) is 0 Å². The minimum atomic E-state index is -1.19. The number of aliphatic hydroxyl groups is 1. The number of ketones is 1. The van der Waals surface area contributed by atoms with Crippen LogP contribution in [0, 0.1) is 18.6 Å². The van der Waals surface area contributed by atoms with Crippen molar-refractivity contribution in [3.05, 3.63) is 94.1 Å². The summed E-state index contributed by atoms with van der Waals surface area (Å²) in [5.74, 6) is -3.39. The standard InChI is InChI=1S/C32H34F2N2O4/c1-7-35(8-2)22-12-9-20(10-13-22)29-28(30(37)24-17-23(18(3)4)27(40-6)15-19(24)5)31(38)32(39)36(29)26-16-21(33)11-14-25(26)34/h9-18,29,37H,7-8H2,1-6H3/b30-28+. The Balaban J connectivity index is 1.99. The summed E-state index contributed by atoms with van der Waals surface area (Å²) < 4.78 is 34.8. The van der Waals surface area contributed by atoms with Crippen molar-refractivity contribution in [2.75, 3.05) is 30.0 Å². The molecule has 4 rings (SSSR count). The van der Waals surface area contributed by atoms with Crippen LogP contribution in [0.4, 0.5) is 20.2 Å². The van der Waals surface area contributed by atoms with Crippen LogP contribution < -0.4 is 14.5 Å². The van der Waals surface area contributed by atoms with Crippen LogP contribution >= 0.6 is 0 Å². The summed E-state index contributed by atoms with van der Waals surface area (Å²) >= 11 is 0. The van der Waals surface area contributed by atoms with Crippen molar-refractivity contribution in [1.29, 1.82) is 0 Å². The number of aryl methyl sites for hydroxylation is 1. The average Bonchev–Trinajstić information content (AvgIpc) is 3.20. The second-order valence-electron chi connectivity index (χ2n) is 10.1. The zero-order chi connectivity index (χ0) is 29.3. The number of aliphatic hydroxyl groups excluding tert-OH is 1. The van der Waals surface area contributed by atoms with Gasteiger partial charge in [0.1, 0.15) is 23.1 Å². The normalized spacial score (nSPS) is 16.6. The van der Waals surface area contributed by atoms with Gasteiger partial charge in [-0.15, -0.1) is 0 Å². The van der Waals surface area contributed by atoms with Crippen LogP contribution in [0.25, 0.3) is 5.76 Å². The summed E-state index contributed by atoms with van der Waals surface area (Å²) in [6.45, 7) is 11.3. The van der Waals surface area contributed by atoms with Gasteiger partial charge >= 0.3 is 0 Å². The first-order chi connectivity index (χ1) is 19.0. The first kappa shape index (κ1) is 28.8. The highest BCUT2D eigenvalue weighted by atomic mass is 19.1. The maximum Gasteiger partial charge on any atom is 0.300 e. The van der Waals surface area contributed by atoms with Crippen LogP contribution in [0.1, 0.15) is 61.9 Å². The number of amides is 1. The van der Waals surface area contributed by atoms with Crippen LogP contribution in [-0.2, 0) is 9.59 Å². The molecule has 1 fully saturated rings. The number of hydrogen-bond acceptors (Lipinski definition) is 5. The third kappa shape index (κ3) is 5.06. The number of carbonyl (C=O) groups is 2. The minimum Gasteiger partial charge on any atom is -0.507 e. The zero-order valence-electron chi connectivity index (χ0n) is 23.6. The van der Waals surface area contributed by atoms with Gasteiger partial charge < -0.3 is 14.7 Å². The molecule has 0 saturated carbocycles. The molecule has 1 atom stereocenters. The van der Waals surface area contributed by atoms with Crippen LogP contribution in [0.3, 0.4) is 0 Å². The van der Waals surface area contributed by atoms with Gasteiger partial charge in [0.15, 0.2) is 0 Å². The summed E-state index contributed by atoms with van der Waals surface area (Å²) in [6.07, 6.45) is 0. The maximum absolute atomic E-state index is 15.0. The lowest BCUT2D eigenvalue weighted by Gasteiger charge is -2.27. The highest BCUT2D eigenvalue weighted by molar-refractivity contribution is 6.51. The van der Waals surface area contributed by atoms with E-state index >= 15 is 4.39 Å². The molecule has 1 amide bonds. The molecule has 1 N–H and O–H groups in total. The second kappa shape index (κ2) is 11.5. The third-order valence-corrected chi connectivity index (χ3v) is 7.40. The summed E-state index contributed by atoms with van der Waals surface area (Å²) in [5.41, 5.74) is 2.59. The van der Waals surface area contributed by atoms with Gasteiger partial charge in [-0.25, -0.2) is 8.78 Å². The van der Waals surface area contributed by atoms with Crippen LogP contribution in [0.2, 0.25) is 0 Å². The van der Waals surface area contributed by atoms with Gasteiger partial charge in [-0.3, -0.25) is 14.5 Å². The molecule has 1 aliphatic rings. The lowest BCUT2D eigenvalue weighted by molar-refractivity contribution is -0.132. The van der Waals surface area contributed by atoms with Crippen molar-refractivity contribution in [1.82, 2.24) is 0 Å². The molecule has 8 heteroatoms. The van der Waals surface area contributed by atoms with E-state index in [0.29, 0.717) is 22.4 Å². The van der Waals surface area contributed by atoms with Gasteiger partial charge in [0, 0.05) is 30.4 Å². The highest BCUT2D eigenvalue weighted by Crippen LogP contribution is 2.44. The molecule has 1 aliphatic heterocycles. The van der Waals surface area contributed by atoms with Crippen molar-refractivity contribution in [2.24, 2.45) is 0 Å². The van der Waals surface area contributed by atoms with Gasteiger partial charge in [-0.1, -0.05) is 26.0 Å². The van der Waals surface area contributed by atoms with Gasteiger partial charge in [0.2, 0.25) is 0 Å². The number of rotatable bonds is 8. The van der Waals surface area contributed by atoms with Gasteiger partial charge in [-0.05, 0) is 79.8 Å². The first-order valence-corrected chi connectivity index (χ1v) is 13.3. The molecule has 0 bridgehead atoms. The molecule has 40 heavy (non-hydrogen) atoms. The summed E-state index contributed by atoms with van der Waals surface area (Å²) in [5, 5.41) is 11.7. The van der Waals surface area contributed by atoms with E-state index in [2.05, 4.69) is 4.90 Å². The number of nitrogens with zero attached hydrogens (tertiary/aromatic N) is 2. The smallest absolute Gasteiger partial charge is 0.300 e. The van der Waals surface area contributed by atoms with E-state index in [1.807, 2.05) is 39.8 Å².